The molecule has 1 amide bonds. The standard InChI is InChI=1S/C14H16N2O5/c1-8-6-10(7-9(2)12(8)16(19)20)13(17)15-5-4-11(15)14(18)21-3/h6-7,11H,4-5H2,1-3H3. The zero-order valence-corrected chi connectivity index (χ0v) is 12.1. The molecule has 2 rings (SSSR count). The molecule has 0 spiro atoms. The van der Waals surface area contributed by atoms with Gasteiger partial charge in [-0.15, -0.1) is 0 Å². The number of nitro groups is 1. The Morgan fingerprint density at radius 3 is 2.29 bits per heavy atom. The van der Waals surface area contributed by atoms with E-state index in [0.717, 1.165) is 0 Å². The van der Waals surface area contributed by atoms with Gasteiger partial charge in [-0.2, -0.15) is 0 Å². The van der Waals surface area contributed by atoms with Crippen LogP contribution in [-0.2, 0) is 9.53 Å². The largest absolute Gasteiger partial charge is 0.467 e. The maximum atomic E-state index is 12.4. The average molecular weight is 292 g/mol. The van der Waals surface area contributed by atoms with Crippen LogP contribution in [0.5, 0.6) is 0 Å². The van der Waals surface area contributed by atoms with E-state index >= 15 is 0 Å². The minimum Gasteiger partial charge on any atom is -0.467 e. The van der Waals surface area contributed by atoms with Crippen molar-refractivity contribution in [3.8, 4) is 0 Å². The molecule has 7 heteroatoms. The van der Waals surface area contributed by atoms with Gasteiger partial charge >= 0.3 is 5.97 Å². The predicted octanol–water partition coefficient (Wildman–Crippen LogP) is 1.60. The summed E-state index contributed by atoms with van der Waals surface area (Å²) >= 11 is 0. The second kappa shape index (κ2) is 5.51. The number of nitrogens with zero attached hydrogens (tertiary/aromatic N) is 2. The van der Waals surface area contributed by atoms with Gasteiger partial charge in [-0.25, -0.2) is 4.79 Å². The summed E-state index contributed by atoms with van der Waals surface area (Å²) < 4.78 is 4.65. The molecule has 0 radical (unpaired) electrons. The van der Waals surface area contributed by atoms with Crippen molar-refractivity contribution in [2.75, 3.05) is 13.7 Å². The summed E-state index contributed by atoms with van der Waals surface area (Å²) in [7, 11) is 1.28. The Bertz CT molecular complexity index is 603. The fourth-order valence-electron chi connectivity index (χ4n) is 2.54. The molecule has 1 atom stereocenters. The number of hydrogen-bond acceptors (Lipinski definition) is 5. The highest BCUT2D eigenvalue weighted by atomic mass is 16.6. The summed E-state index contributed by atoms with van der Waals surface area (Å²) in [6.07, 6.45) is 0.573. The maximum absolute atomic E-state index is 12.4. The third-order valence-corrected chi connectivity index (χ3v) is 3.67. The molecule has 7 nitrogen and oxygen atoms in total. The third-order valence-electron chi connectivity index (χ3n) is 3.67. The van der Waals surface area contributed by atoms with Gasteiger partial charge in [0.15, 0.2) is 0 Å². The number of hydrogen-bond donors (Lipinski definition) is 0. The van der Waals surface area contributed by atoms with Gasteiger partial charge in [-0.1, -0.05) is 0 Å². The van der Waals surface area contributed by atoms with Crippen LogP contribution >= 0.6 is 0 Å². The van der Waals surface area contributed by atoms with Crippen LogP contribution in [0.15, 0.2) is 12.1 Å². The number of esters is 1. The topological polar surface area (TPSA) is 89.8 Å². The van der Waals surface area contributed by atoms with E-state index in [1.807, 2.05) is 0 Å². The molecule has 1 fully saturated rings. The molecule has 1 aliphatic rings. The molecule has 0 saturated carbocycles. The number of aryl methyl sites for hydroxylation is 2. The predicted molar refractivity (Wildman–Crippen MR) is 74.0 cm³/mol. The van der Waals surface area contributed by atoms with E-state index in [9.17, 15) is 19.7 Å². The first kappa shape index (κ1) is 15.0. The lowest BCUT2D eigenvalue weighted by atomic mass is 9.98. The van der Waals surface area contributed by atoms with Crippen LogP contribution in [0.4, 0.5) is 5.69 Å². The first-order chi connectivity index (χ1) is 9.86. The number of likely N-dealkylation sites (tertiary alicyclic amines) is 1. The number of nitro benzene ring substituents is 1. The molecule has 0 aromatic heterocycles. The minimum atomic E-state index is -0.557. The Kier molecular flexibility index (Phi) is 3.93. The summed E-state index contributed by atoms with van der Waals surface area (Å²) in [6.45, 7) is 3.67. The molecular formula is C14H16N2O5. The number of methoxy groups -OCH3 is 1. The lowest BCUT2D eigenvalue weighted by molar-refractivity contribution is -0.386. The van der Waals surface area contributed by atoms with Crippen LogP contribution < -0.4 is 0 Å². The highest BCUT2D eigenvalue weighted by Gasteiger charge is 2.39. The van der Waals surface area contributed by atoms with Crippen molar-refractivity contribution in [1.82, 2.24) is 4.90 Å². The first-order valence-electron chi connectivity index (χ1n) is 6.51. The lowest BCUT2D eigenvalue weighted by Gasteiger charge is -2.38. The molecule has 21 heavy (non-hydrogen) atoms. The molecule has 0 bridgehead atoms. The van der Waals surface area contributed by atoms with Crippen LogP contribution in [-0.4, -0.2) is 41.4 Å². The number of carbonyl (C=O) groups excluding carboxylic acids is 2. The smallest absolute Gasteiger partial charge is 0.328 e. The first-order valence-corrected chi connectivity index (χ1v) is 6.51. The Morgan fingerprint density at radius 1 is 1.33 bits per heavy atom. The second-order valence-corrected chi connectivity index (χ2v) is 5.04. The molecule has 1 aromatic carbocycles. The van der Waals surface area contributed by atoms with Crippen molar-refractivity contribution in [3.63, 3.8) is 0 Å². The number of carbonyl (C=O) groups is 2. The lowest BCUT2D eigenvalue weighted by Crippen LogP contribution is -2.55. The summed E-state index contributed by atoms with van der Waals surface area (Å²) in [5, 5.41) is 11.0. The van der Waals surface area contributed by atoms with Crippen molar-refractivity contribution in [1.29, 1.82) is 0 Å². The van der Waals surface area contributed by atoms with Crippen LogP contribution in [0.2, 0.25) is 0 Å². The normalized spacial score (nSPS) is 17.1. The van der Waals surface area contributed by atoms with Gasteiger partial charge in [0, 0.05) is 23.2 Å². The van der Waals surface area contributed by atoms with Gasteiger partial charge in [0.2, 0.25) is 0 Å². The highest BCUT2D eigenvalue weighted by Crippen LogP contribution is 2.27. The fourth-order valence-corrected chi connectivity index (χ4v) is 2.54. The number of benzene rings is 1. The molecular weight excluding hydrogens is 276 g/mol. The maximum Gasteiger partial charge on any atom is 0.328 e. The van der Waals surface area contributed by atoms with Gasteiger partial charge < -0.3 is 9.64 Å². The van der Waals surface area contributed by atoms with E-state index < -0.39 is 16.9 Å². The Morgan fingerprint density at radius 2 is 1.90 bits per heavy atom. The average Bonchev–Trinajstić information content (AvgIpc) is 2.35. The number of ether oxygens (including phenoxy) is 1. The minimum absolute atomic E-state index is 0.0136. The third kappa shape index (κ3) is 2.58. The van der Waals surface area contributed by atoms with Gasteiger partial charge in [-0.05, 0) is 32.4 Å². The Labute approximate surface area is 121 Å². The van der Waals surface area contributed by atoms with Gasteiger partial charge in [0.05, 0.1) is 12.0 Å². The fraction of sp³-hybridized carbons (Fsp3) is 0.429. The SMILES string of the molecule is COC(=O)C1CCN1C(=O)c1cc(C)c([N+](=O)[O-])c(C)c1. The van der Waals surface area contributed by atoms with E-state index in [2.05, 4.69) is 4.74 Å². The quantitative estimate of drug-likeness (QED) is 0.479. The van der Waals surface area contributed by atoms with Crippen LogP contribution in [0.1, 0.15) is 27.9 Å². The molecule has 1 unspecified atom stereocenters. The monoisotopic (exact) mass is 292 g/mol. The van der Waals surface area contributed by atoms with Crippen molar-refractivity contribution in [2.24, 2.45) is 0 Å². The molecule has 1 heterocycles. The highest BCUT2D eigenvalue weighted by molar-refractivity contribution is 5.98. The van der Waals surface area contributed by atoms with Gasteiger partial charge in [-0.3, -0.25) is 14.9 Å². The Hall–Kier alpha value is -2.44. The molecule has 112 valence electrons. The van der Waals surface area contributed by atoms with E-state index in [1.54, 1.807) is 13.8 Å². The van der Waals surface area contributed by atoms with Crippen molar-refractivity contribution in [3.05, 3.63) is 38.9 Å². The zero-order valence-electron chi connectivity index (χ0n) is 12.1. The van der Waals surface area contributed by atoms with E-state index in [1.165, 1.54) is 24.1 Å². The van der Waals surface area contributed by atoms with Crippen molar-refractivity contribution < 1.29 is 19.2 Å². The van der Waals surface area contributed by atoms with Crippen molar-refractivity contribution >= 4 is 17.6 Å². The van der Waals surface area contributed by atoms with Gasteiger partial charge in [0.25, 0.3) is 11.6 Å². The summed E-state index contributed by atoms with van der Waals surface area (Å²) in [5.41, 5.74) is 1.22. The Balaban J connectivity index is 2.29. The molecule has 1 saturated heterocycles. The van der Waals surface area contributed by atoms with Crippen LogP contribution in [0, 0.1) is 24.0 Å². The van der Waals surface area contributed by atoms with E-state index in [-0.39, 0.29) is 11.6 Å². The molecule has 0 aliphatic carbocycles. The molecule has 0 N–H and O–H groups in total. The zero-order chi connectivity index (χ0) is 15.7. The van der Waals surface area contributed by atoms with Crippen LogP contribution in [0.3, 0.4) is 0 Å². The van der Waals surface area contributed by atoms with E-state index in [0.29, 0.717) is 29.7 Å². The van der Waals surface area contributed by atoms with Crippen LogP contribution in [0.25, 0.3) is 0 Å². The summed E-state index contributed by atoms with van der Waals surface area (Å²) in [4.78, 5) is 35.8. The molecule has 1 aromatic rings. The molecule has 1 aliphatic heterocycles. The van der Waals surface area contributed by atoms with Gasteiger partial charge in [0.1, 0.15) is 6.04 Å². The van der Waals surface area contributed by atoms with E-state index in [4.69, 9.17) is 0 Å². The van der Waals surface area contributed by atoms with Crippen molar-refractivity contribution in [2.45, 2.75) is 26.3 Å². The summed E-state index contributed by atoms with van der Waals surface area (Å²) in [6, 6.07) is 2.42. The summed E-state index contributed by atoms with van der Waals surface area (Å²) in [5.74, 6) is -0.747. The second-order valence-electron chi connectivity index (χ2n) is 5.04. The number of rotatable bonds is 3. The number of amides is 1.